The fourth-order valence-electron chi connectivity index (χ4n) is 1.93. The molecule has 16 heavy (non-hydrogen) atoms. The van der Waals surface area contributed by atoms with Crippen LogP contribution in [-0.4, -0.2) is 10.1 Å². The Labute approximate surface area is 96.0 Å². The Morgan fingerprint density at radius 2 is 2.00 bits per heavy atom. The number of aromatic nitrogens is 1. The lowest BCUT2D eigenvalue weighted by Crippen LogP contribution is -1.98. The summed E-state index contributed by atoms with van der Waals surface area (Å²) in [7, 11) is 0. The predicted molar refractivity (Wildman–Crippen MR) is 66.2 cm³/mol. The molecular formula is C14H17NO. The third-order valence-electron chi connectivity index (χ3n) is 2.67. The summed E-state index contributed by atoms with van der Waals surface area (Å²) in [6.07, 6.45) is 0.999. The molecule has 1 aromatic heterocycles. The molecule has 84 valence electrons. The van der Waals surface area contributed by atoms with Gasteiger partial charge in [0.2, 0.25) is 0 Å². The van der Waals surface area contributed by atoms with Crippen LogP contribution < -0.4 is 0 Å². The summed E-state index contributed by atoms with van der Waals surface area (Å²) < 4.78 is 0. The number of pyridine rings is 1. The van der Waals surface area contributed by atoms with Crippen molar-refractivity contribution in [3.8, 4) is 0 Å². The van der Waals surface area contributed by atoms with Crippen LogP contribution in [-0.2, 0) is 13.0 Å². The van der Waals surface area contributed by atoms with E-state index >= 15 is 0 Å². The monoisotopic (exact) mass is 215 g/mol. The van der Waals surface area contributed by atoms with Gasteiger partial charge in [0, 0.05) is 11.1 Å². The molecule has 2 rings (SSSR count). The summed E-state index contributed by atoms with van der Waals surface area (Å²) in [5.41, 5.74) is 3.04. The largest absolute Gasteiger partial charge is 0.392 e. The van der Waals surface area contributed by atoms with Gasteiger partial charge in [-0.1, -0.05) is 32.0 Å². The van der Waals surface area contributed by atoms with Crippen LogP contribution in [0, 0.1) is 5.92 Å². The molecule has 0 atom stereocenters. The number of aliphatic hydroxyl groups excluding tert-OH is 1. The van der Waals surface area contributed by atoms with E-state index in [1.807, 2.05) is 18.2 Å². The molecule has 0 aliphatic carbocycles. The molecule has 1 heterocycles. The van der Waals surface area contributed by atoms with Crippen LogP contribution in [0.2, 0.25) is 0 Å². The summed E-state index contributed by atoms with van der Waals surface area (Å²) in [6.45, 7) is 4.45. The zero-order valence-corrected chi connectivity index (χ0v) is 9.77. The summed E-state index contributed by atoms with van der Waals surface area (Å²) in [4.78, 5) is 4.61. The second-order valence-corrected chi connectivity index (χ2v) is 4.54. The van der Waals surface area contributed by atoms with Crippen LogP contribution in [0.3, 0.4) is 0 Å². The molecule has 0 aliphatic heterocycles. The highest BCUT2D eigenvalue weighted by Gasteiger charge is 2.03. The minimum Gasteiger partial charge on any atom is -0.392 e. The van der Waals surface area contributed by atoms with Crippen molar-refractivity contribution in [2.24, 2.45) is 5.92 Å². The van der Waals surface area contributed by atoms with E-state index in [4.69, 9.17) is 0 Å². The molecule has 0 saturated heterocycles. The minimum absolute atomic E-state index is 0.0720. The number of hydrogen-bond acceptors (Lipinski definition) is 2. The first-order valence-electron chi connectivity index (χ1n) is 5.69. The van der Waals surface area contributed by atoms with Crippen molar-refractivity contribution in [3.63, 3.8) is 0 Å². The van der Waals surface area contributed by atoms with Crippen LogP contribution >= 0.6 is 0 Å². The van der Waals surface area contributed by atoms with E-state index in [-0.39, 0.29) is 6.61 Å². The van der Waals surface area contributed by atoms with Crippen LogP contribution in [0.15, 0.2) is 30.3 Å². The van der Waals surface area contributed by atoms with E-state index in [1.54, 1.807) is 0 Å². The third kappa shape index (κ3) is 2.22. The maximum atomic E-state index is 9.22. The van der Waals surface area contributed by atoms with E-state index in [1.165, 1.54) is 0 Å². The Kier molecular flexibility index (Phi) is 3.20. The second-order valence-electron chi connectivity index (χ2n) is 4.54. The molecule has 0 amide bonds. The molecule has 2 aromatic rings. The van der Waals surface area contributed by atoms with Gasteiger partial charge in [0.05, 0.1) is 12.1 Å². The minimum atomic E-state index is 0.0720. The number of nitrogens with zero attached hydrogens (tertiary/aromatic N) is 1. The van der Waals surface area contributed by atoms with Crippen molar-refractivity contribution >= 4 is 10.9 Å². The van der Waals surface area contributed by atoms with E-state index in [2.05, 4.69) is 31.0 Å². The molecule has 0 saturated carbocycles. The summed E-state index contributed by atoms with van der Waals surface area (Å²) in [6, 6.07) is 10.00. The Morgan fingerprint density at radius 3 is 2.69 bits per heavy atom. The highest BCUT2D eigenvalue weighted by molar-refractivity contribution is 5.82. The topological polar surface area (TPSA) is 33.1 Å². The van der Waals surface area contributed by atoms with Crippen LogP contribution in [0.25, 0.3) is 10.9 Å². The predicted octanol–water partition coefficient (Wildman–Crippen LogP) is 2.93. The normalized spacial score (nSPS) is 11.2. The number of hydrogen-bond donors (Lipinski definition) is 1. The molecular weight excluding hydrogens is 198 g/mol. The van der Waals surface area contributed by atoms with Gasteiger partial charge in [-0.25, -0.2) is 0 Å². The van der Waals surface area contributed by atoms with E-state index in [0.717, 1.165) is 28.6 Å². The molecule has 1 aromatic carbocycles. The van der Waals surface area contributed by atoms with Gasteiger partial charge in [-0.05, 0) is 30.0 Å². The molecule has 2 nitrogen and oxygen atoms in total. The maximum absolute atomic E-state index is 9.22. The average molecular weight is 215 g/mol. The molecule has 0 unspecified atom stereocenters. The van der Waals surface area contributed by atoms with Crippen molar-refractivity contribution in [3.05, 3.63) is 41.6 Å². The number of fused-ring (bicyclic) bond motifs is 1. The number of benzene rings is 1. The SMILES string of the molecule is CC(C)Cc1ccc2c(CO)cccc2n1. The molecule has 0 spiro atoms. The quantitative estimate of drug-likeness (QED) is 0.854. The molecule has 0 bridgehead atoms. The molecule has 0 fully saturated rings. The smallest absolute Gasteiger partial charge is 0.0708 e. The van der Waals surface area contributed by atoms with E-state index < -0.39 is 0 Å². The Bertz CT molecular complexity index is 491. The molecule has 0 radical (unpaired) electrons. The number of aliphatic hydroxyl groups is 1. The van der Waals surface area contributed by atoms with Crippen LogP contribution in [0.5, 0.6) is 0 Å². The Morgan fingerprint density at radius 1 is 1.19 bits per heavy atom. The van der Waals surface area contributed by atoms with Gasteiger partial charge in [-0.3, -0.25) is 4.98 Å². The summed E-state index contributed by atoms with van der Waals surface area (Å²) in [5, 5.41) is 10.3. The van der Waals surface area contributed by atoms with Gasteiger partial charge < -0.3 is 5.11 Å². The van der Waals surface area contributed by atoms with Crippen LogP contribution in [0.4, 0.5) is 0 Å². The summed E-state index contributed by atoms with van der Waals surface area (Å²) in [5.74, 6) is 0.617. The fourth-order valence-corrected chi connectivity index (χ4v) is 1.93. The third-order valence-corrected chi connectivity index (χ3v) is 2.67. The fraction of sp³-hybridized carbons (Fsp3) is 0.357. The lowest BCUT2D eigenvalue weighted by molar-refractivity contribution is 0.283. The van der Waals surface area contributed by atoms with Gasteiger partial charge in [-0.15, -0.1) is 0 Å². The average Bonchev–Trinajstić information content (AvgIpc) is 2.27. The van der Waals surface area contributed by atoms with Gasteiger partial charge in [0.1, 0.15) is 0 Å². The molecule has 0 aliphatic rings. The van der Waals surface area contributed by atoms with Crippen molar-refractivity contribution in [2.75, 3.05) is 0 Å². The summed E-state index contributed by atoms with van der Waals surface area (Å²) >= 11 is 0. The zero-order valence-electron chi connectivity index (χ0n) is 9.77. The highest BCUT2D eigenvalue weighted by Crippen LogP contribution is 2.18. The Balaban J connectivity index is 2.47. The Hall–Kier alpha value is -1.41. The first-order chi connectivity index (χ1) is 7.70. The van der Waals surface area contributed by atoms with Crippen molar-refractivity contribution in [2.45, 2.75) is 26.9 Å². The first kappa shape index (κ1) is 11.1. The molecule has 2 heteroatoms. The molecule has 1 N–H and O–H groups in total. The number of rotatable bonds is 3. The second kappa shape index (κ2) is 4.62. The van der Waals surface area contributed by atoms with Crippen molar-refractivity contribution < 1.29 is 5.11 Å². The first-order valence-corrected chi connectivity index (χ1v) is 5.69. The van der Waals surface area contributed by atoms with Crippen molar-refractivity contribution in [1.29, 1.82) is 0 Å². The lowest BCUT2D eigenvalue weighted by atomic mass is 10.0. The van der Waals surface area contributed by atoms with Gasteiger partial charge in [0.15, 0.2) is 0 Å². The highest BCUT2D eigenvalue weighted by atomic mass is 16.3. The van der Waals surface area contributed by atoms with Crippen LogP contribution in [0.1, 0.15) is 25.1 Å². The van der Waals surface area contributed by atoms with Gasteiger partial charge in [-0.2, -0.15) is 0 Å². The van der Waals surface area contributed by atoms with E-state index in [9.17, 15) is 5.11 Å². The van der Waals surface area contributed by atoms with Gasteiger partial charge >= 0.3 is 0 Å². The standard InChI is InChI=1S/C14H17NO/c1-10(2)8-12-6-7-13-11(9-16)4-3-5-14(13)15-12/h3-7,10,16H,8-9H2,1-2H3. The van der Waals surface area contributed by atoms with E-state index in [0.29, 0.717) is 5.92 Å². The maximum Gasteiger partial charge on any atom is 0.0708 e. The van der Waals surface area contributed by atoms with Gasteiger partial charge in [0.25, 0.3) is 0 Å². The lowest BCUT2D eigenvalue weighted by Gasteiger charge is -2.07. The zero-order chi connectivity index (χ0) is 11.5. The van der Waals surface area contributed by atoms with Crippen molar-refractivity contribution in [1.82, 2.24) is 4.98 Å².